The van der Waals surface area contributed by atoms with Crippen molar-refractivity contribution < 1.29 is 24.2 Å². The maximum absolute atomic E-state index is 14.7. The van der Waals surface area contributed by atoms with Gasteiger partial charge in [-0.1, -0.05) is 67.7 Å². The Balaban J connectivity index is 1.37. The predicted molar refractivity (Wildman–Crippen MR) is 167 cm³/mol. The van der Waals surface area contributed by atoms with Crippen LogP contribution in [0.25, 0.3) is 0 Å². The first-order valence-corrected chi connectivity index (χ1v) is 18.0. The van der Waals surface area contributed by atoms with Crippen molar-refractivity contribution in [2.75, 3.05) is 30.1 Å². The van der Waals surface area contributed by atoms with Crippen molar-refractivity contribution in [3.63, 3.8) is 0 Å². The molecule has 3 aromatic rings. The number of hydrogen-bond donors (Lipinski definition) is 1. The molecule has 3 aliphatic heterocycles. The third kappa shape index (κ3) is 4.48. The van der Waals surface area contributed by atoms with Crippen LogP contribution < -0.4 is 19.7 Å². The maximum Gasteiger partial charge on any atom is 0.264 e. The molecule has 3 aliphatic rings. The number of para-hydroxylation sites is 1. The number of carbonyl (C=O) groups is 2. The molecular formula is C34H40N2O5Si. The summed E-state index contributed by atoms with van der Waals surface area (Å²) >= 11 is 0. The Morgan fingerprint density at radius 3 is 2.50 bits per heavy atom. The molecule has 4 atom stereocenters. The van der Waals surface area contributed by atoms with Gasteiger partial charge in [0, 0.05) is 36.7 Å². The number of aliphatic hydroxyl groups is 1. The van der Waals surface area contributed by atoms with Crippen LogP contribution in [0, 0.1) is 5.92 Å². The van der Waals surface area contributed by atoms with Gasteiger partial charge in [0.15, 0.2) is 5.60 Å². The van der Waals surface area contributed by atoms with E-state index in [2.05, 4.69) is 32.2 Å². The van der Waals surface area contributed by atoms with Crippen molar-refractivity contribution in [2.24, 2.45) is 5.92 Å². The van der Waals surface area contributed by atoms with Crippen molar-refractivity contribution in [3.8, 4) is 5.75 Å². The van der Waals surface area contributed by atoms with E-state index in [1.165, 1.54) is 5.19 Å². The molecule has 2 fully saturated rings. The van der Waals surface area contributed by atoms with Crippen LogP contribution in [0.4, 0.5) is 11.4 Å². The average Bonchev–Trinajstić information content (AvgIpc) is 3.63. The molecule has 2 saturated heterocycles. The number of carbonyl (C=O) groups excluding carboxylic acids is 2. The Kier molecular flexibility index (Phi) is 7.49. The summed E-state index contributed by atoms with van der Waals surface area (Å²) < 4.78 is 12.4. The van der Waals surface area contributed by atoms with Crippen LogP contribution in [-0.2, 0) is 26.5 Å². The van der Waals surface area contributed by atoms with Crippen LogP contribution in [0.1, 0.15) is 37.3 Å². The molecule has 220 valence electrons. The minimum atomic E-state index is -2.22. The number of fused-ring (bicyclic) bond motifs is 2. The summed E-state index contributed by atoms with van der Waals surface area (Å²) in [5.74, 6) is 0.802. The van der Waals surface area contributed by atoms with E-state index in [4.69, 9.17) is 9.47 Å². The summed E-state index contributed by atoms with van der Waals surface area (Å²) in [6, 6.07) is 24.3. The van der Waals surface area contributed by atoms with E-state index in [1.54, 1.807) is 7.11 Å². The number of ether oxygens (including phenoxy) is 2. The molecule has 42 heavy (non-hydrogen) atoms. The molecule has 6 rings (SSSR count). The number of rotatable bonds is 8. The third-order valence-corrected chi connectivity index (χ3v) is 14.2. The first-order valence-electron chi connectivity index (χ1n) is 15.0. The number of aliphatic hydroxyl groups excluding tert-OH is 1. The molecule has 3 aromatic carbocycles. The fourth-order valence-electron chi connectivity index (χ4n) is 7.75. The zero-order valence-electron chi connectivity index (χ0n) is 24.9. The van der Waals surface area contributed by atoms with Gasteiger partial charge < -0.3 is 24.4 Å². The minimum Gasteiger partial charge on any atom is -0.497 e. The molecule has 1 spiro atoms. The van der Waals surface area contributed by atoms with Crippen LogP contribution in [0.15, 0.2) is 72.8 Å². The first kappa shape index (κ1) is 28.6. The fraction of sp³-hybridized carbons (Fsp3) is 0.412. The Hall–Kier alpha value is -3.46. The molecule has 0 unspecified atom stereocenters. The largest absolute Gasteiger partial charge is 0.497 e. The van der Waals surface area contributed by atoms with Crippen molar-refractivity contribution >= 4 is 36.4 Å². The van der Waals surface area contributed by atoms with Gasteiger partial charge in [0.1, 0.15) is 5.75 Å². The zero-order valence-corrected chi connectivity index (χ0v) is 25.9. The molecule has 0 aromatic heterocycles. The lowest BCUT2D eigenvalue weighted by Gasteiger charge is -2.37. The molecule has 0 saturated carbocycles. The maximum atomic E-state index is 14.7. The molecule has 7 nitrogen and oxygen atoms in total. The number of anilines is 2. The lowest BCUT2D eigenvalue weighted by Crippen LogP contribution is -2.51. The van der Waals surface area contributed by atoms with E-state index in [9.17, 15) is 14.7 Å². The predicted octanol–water partition coefficient (Wildman–Crippen LogP) is 4.97. The van der Waals surface area contributed by atoms with Crippen LogP contribution in [0.2, 0.25) is 18.6 Å². The highest BCUT2D eigenvalue weighted by molar-refractivity contribution is 6.91. The van der Waals surface area contributed by atoms with Crippen molar-refractivity contribution in [3.05, 3.63) is 83.9 Å². The summed E-state index contributed by atoms with van der Waals surface area (Å²) in [6.07, 6.45) is 1.66. The average molecular weight is 585 g/mol. The quantitative estimate of drug-likeness (QED) is 0.379. The van der Waals surface area contributed by atoms with E-state index in [1.807, 2.05) is 70.5 Å². The van der Waals surface area contributed by atoms with Gasteiger partial charge in [-0.2, -0.15) is 0 Å². The second kappa shape index (κ2) is 11.0. The van der Waals surface area contributed by atoms with Crippen LogP contribution in [-0.4, -0.2) is 51.4 Å². The monoisotopic (exact) mass is 584 g/mol. The molecule has 0 radical (unpaired) electrons. The molecule has 8 heteroatoms. The summed E-state index contributed by atoms with van der Waals surface area (Å²) in [7, 11) is -0.546. The fourth-order valence-corrected chi connectivity index (χ4v) is 11.8. The molecular weight excluding hydrogens is 544 g/mol. The van der Waals surface area contributed by atoms with Gasteiger partial charge in [0.2, 0.25) is 5.91 Å². The first-order chi connectivity index (χ1) is 20.2. The lowest BCUT2D eigenvalue weighted by atomic mass is 9.82. The van der Waals surface area contributed by atoms with Gasteiger partial charge >= 0.3 is 0 Å². The Morgan fingerprint density at radius 2 is 1.81 bits per heavy atom. The molecule has 0 bridgehead atoms. The highest BCUT2D eigenvalue weighted by Crippen LogP contribution is 2.60. The Morgan fingerprint density at radius 1 is 1.05 bits per heavy atom. The van der Waals surface area contributed by atoms with Gasteiger partial charge in [-0.25, -0.2) is 0 Å². The van der Waals surface area contributed by atoms with Gasteiger partial charge in [0.25, 0.3) is 5.91 Å². The molecule has 1 N–H and O–H groups in total. The second-order valence-electron chi connectivity index (χ2n) is 12.4. The highest BCUT2D eigenvalue weighted by Gasteiger charge is 2.66. The van der Waals surface area contributed by atoms with Gasteiger partial charge in [-0.15, -0.1) is 0 Å². The summed E-state index contributed by atoms with van der Waals surface area (Å²) in [4.78, 5) is 30.8. The normalized spacial score (nSPS) is 25.5. The number of hydrogen-bond acceptors (Lipinski definition) is 5. The van der Waals surface area contributed by atoms with Crippen molar-refractivity contribution in [2.45, 2.75) is 63.1 Å². The Bertz CT molecular complexity index is 1490. The smallest absolute Gasteiger partial charge is 0.264 e. The number of nitrogens with zero attached hydrogens (tertiary/aromatic N) is 2. The number of benzene rings is 3. The zero-order chi connectivity index (χ0) is 29.6. The highest BCUT2D eigenvalue weighted by atomic mass is 28.3. The number of methoxy groups -OCH3 is 1. The molecule has 3 heterocycles. The molecule has 0 aliphatic carbocycles. The molecule has 2 amide bonds. The van der Waals surface area contributed by atoms with Crippen molar-refractivity contribution in [1.29, 1.82) is 0 Å². The lowest BCUT2D eigenvalue weighted by molar-refractivity contribution is -0.146. The second-order valence-corrected chi connectivity index (χ2v) is 17.1. The van der Waals surface area contributed by atoms with Crippen LogP contribution in [0.5, 0.6) is 5.75 Å². The van der Waals surface area contributed by atoms with E-state index in [-0.39, 0.29) is 36.0 Å². The van der Waals surface area contributed by atoms with Crippen LogP contribution >= 0.6 is 0 Å². The summed E-state index contributed by atoms with van der Waals surface area (Å²) in [5, 5.41) is 11.4. The van der Waals surface area contributed by atoms with Gasteiger partial charge in [-0.3, -0.25) is 9.59 Å². The van der Waals surface area contributed by atoms with Gasteiger partial charge in [-0.05, 0) is 54.3 Å². The van der Waals surface area contributed by atoms with Crippen molar-refractivity contribution in [1.82, 2.24) is 0 Å². The van der Waals surface area contributed by atoms with E-state index < -0.39 is 13.7 Å². The van der Waals surface area contributed by atoms with Crippen LogP contribution in [0.3, 0.4) is 0 Å². The topological polar surface area (TPSA) is 79.3 Å². The SMILES string of the molecule is COc1ccc([Si](C)(C)[C@H]2[C@H](CCO)O[C@@]3(C(=O)N(Cc4cccc(N5CCCC5=O)c4)c4ccccc43)[C@@H]2C)cc1. The standard InChI is InChI=1S/C34H40N2O5Si/c1-23-32(42(3,4)27-16-14-26(40-2)15-17-27)30(18-20-37)41-34(23)28-11-5-6-12-29(28)36(33(34)39)22-24-9-7-10-25(21-24)35-19-8-13-31(35)38/h5-7,9-12,14-17,21,23,30,32,37H,8,13,18-20,22H2,1-4H3/t23-,30+,32-,34+/m1/s1. The third-order valence-electron chi connectivity index (χ3n) is 9.79. The van der Waals surface area contributed by atoms with E-state index >= 15 is 0 Å². The van der Waals surface area contributed by atoms with E-state index in [0.29, 0.717) is 19.4 Å². The van der Waals surface area contributed by atoms with E-state index in [0.717, 1.165) is 41.2 Å². The summed E-state index contributed by atoms with van der Waals surface area (Å²) in [6.45, 7) is 7.96. The summed E-state index contributed by atoms with van der Waals surface area (Å²) in [5.41, 5.74) is 2.59. The minimum absolute atomic E-state index is 0.00137. The van der Waals surface area contributed by atoms with Gasteiger partial charge in [0.05, 0.1) is 33.5 Å². The number of amides is 2. The Labute approximate surface area is 249 Å².